The molecular formula is C20H11Cl2N3O3S2. The second kappa shape index (κ2) is 8.53. The second-order valence-electron chi connectivity index (χ2n) is 6.06. The summed E-state index contributed by atoms with van der Waals surface area (Å²) in [5, 5.41) is 9.08. The van der Waals surface area contributed by atoms with Crippen molar-refractivity contribution in [2.75, 3.05) is 5.32 Å². The van der Waals surface area contributed by atoms with Crippen molar-refractivity contribution in [3.63, 3.8) is 0 Å². The number of benzene rings is 2. The summed E-state index contributed by atoms with van der Waals surface area (Å²) in [6, 6.07) is 13.6. The van der Waals surface area contributed by atoms with Crippen LogP contribution in [0.4, 0.5) is 5.13 Å². The third-order valence-corrected chi connectivity index (χ3v) is 5.75. The number of carbonyl (C=O) groups is 1. The predicted octanol–water partition coefficient (Wildman–Crippen LogP) is 5.35. The van der Waals surface area contributed by atoms with Crippen molar-refractivity contribution in [2.24, 2.45) is 0 Å². The first-order valence-electron chi connectivity index (χ1n) is 8.47. The first-order valence-corrected chi connectivity index (χ1v) is 10.5. The zero-order valence-electron chi connectivity index (χ0n) is 14.9. The van der Waals surface area contributed by atoms with Gasteiger partial charge in [0, 0.05) is 16.3 Å². The van der Waals surface area contributed by atoms with Crippen LogP contribution in [0.25, 0.3) is 22.2 Å². The summed E-state index contributed by atoms with van der Waals surface area (Å²) in [6.07, 6.45) is 0. The molecule has 0 atom stereocenters. The lowest BCUT2D eigenvalue weighted by molar-refractivity contribution is 0.0974. The normalized spacial score (nSPS) is 10.7. The van der Waals surface area contributed by atoms with Gasteiger partial charge in [0.25, 0.3) is 5.91 Å². The number of hydrogen-bond acceptors (Lipinski definition) is 6. The van der Waals surface area contributed by atoms with Crippen LogP contribution in [0.5, 0.6) is 0 Å². The van der Waals surface area contributed by atoms with Crippen molar-refractivity contribution in [3.8, 4) is 11.3 Å². The number of nitrogens with one attached hydrogen (secondary N) is 2. The van der Waals surface area contributed by atoms with Gasteiger partial charge in [-0.15, -0.1) is 11.3 Å². The highest BCUT2D eigenvalue weighted by atomic mass is 35.5. The average Bonchev–Trinajstić information content (AvgIpc) is 3.17. The largest absolute Gasteiger partial charge is 0.422 e. The molecule has 0 unspecified atom stereocenters. The summed E-state index contributed by atoms with van der Waals surface area (Å²) in [4.78, 5) is 29.0. The highest BCUT2D eigenvalue weighted by molar-refractivity contribution is 7.80. The standard InChI is InChI=1S/C20H11Cl2N3O3S2/c21-13-6-5-10(8-14(13)22)15-9-30-20(23-15)25-19(29)24-17(26)12-7-11-3-1-2-4-16(11)28-18(12)27/h1-9H,(H2,23,24,25,26,29). The molecule has 6 nitrogen and oxygen atoms in total. The van der Waals surface area contributed by atoms with Gasteiger partial charge in [0.2, 0.25) is 0 Å². The van der Waals surface area contributed by atoms with Gasteiger partial charge in [-0.2, -0.15) is 0 Å². The number of anilines is 1. The summed E-state index contributed by atoms with van der Waals surface area (Å²) in [5.74, 6) is -0.673. The number of amides is 1. The Hall–Kier alpha value is -2.78. The first kappa shape index (κ1) is 20.5. The molecule has 1 amide bonds. The minimum atomic E-state index is -0.745. The number of aromatic nitrogens is 1. The second-order valence-corrected chi connectivity index (χ2v) is 8.14. The molecule has 30 heavy (non-hydrogen) atoms. The highest BCUT2D eigenvalue weighted by Gasteiger charge is 2.16. The molecule has 10 heteroatoms. The van der Waals surface area contributed by atoms with E-state index < -0.39 is 11.5 Å². The molecule has 0 aliphatic carbocycles. The van der Waals surface area contributed by atoms with Crippen molar-refractivity contribution in [1.82, 2.24) is 10.3 Å². The SMILES string of the molecule is O=C(NC(=S)Nc1nc(-c2ccc(Cl)c(Cl)c2)cs1)c1cc2ccccc2oc1=O. The van der Waals surface area contributed by atoms with Gasteiger partial charge in [-0.3, -0.25) is 10.1 Å². The molecule has 0 aliphatic heterocycles. The number of rotatable bonds is 3. The van der Waals surface area contributed by atoms with E-state index in [1.807, 2.05) is 5.38 Å². The van der Waals surface area contributed by atoms with Crippen LogP contribution in [0.1, 0.15) is 10.4 Å². The summed E-state index contributed by atoms with van der Waals surface area (Å²) >= 11 is 18.4. The van der Waals surface area contributed by atoms with Gasteiger partial charge < -0.3 is 9.73 Å². The van der Waals surface area contributed by atoms with Crippen molar-refractivity contribution >= 4 is 73.9 Å². The molecule has 0 radical (unpaired) electrons. The maximum absolute atomic E-state index is 12.5. The third kappa shape index (κ3) is 4.36. The van der Waals surface area contributed by atoms with Crippen LogP contribution in [0.2, 0.25) is 10.0 Å². The van der Waals surface area contributed by atoms with Gasteiger partial charge in [-0.05, 0) is 36.5 Å². The lowest BCUT2D eigenvalue weighted by Crippen LogP contribution is -2.36. The number of fused-ring (bicyclic) bond motifs is 1. The molecule has 0 aliphatic rings. The van der Waals surface area contributed by atoms with Crippen LogP contribution in [-0.2, 0) is 0 Å². The van der Waals surface area contributed by atoms with E-state index in [2.05, 4.69) is 15.6 Å². The monoisotopic (exact) mass is 475 g/mol. The van der Waals surface area contributed by atoms with Gasteiger partial charge in [0.1, 0.15) is 11.1 Å². The molecule has 4 aromatic rings. The minimum absolute atomic E-state index is 0.00240. The number of thiocarbonyl (C=S) groups is 1. The first-order chi connectivity index (χ1) is 14.4. The van der Waals surface area contributed by atoms with E-state index in [1.165, 1.54) is 17.4 Å². The van der Waals surface area contributed by atoms with E-state index in [1.54, 1.807) is 42.5 Å². The molecule has 2 aromatic carbocycles. The van der Waals surface area contributed by atoms with Crippen molar-refractivity contribution in [3.05, 3.63) is 79.9 Å². The van der Waals surface area contributed by atoms with E-state index in [0.717, 1.165) is 5.56 Å². The maximum atomic E-state index is 12.5. The number of para-hydroxylation sites is 1. The van der Waals surface area contributed by atoms with E-state index in [9.17, 15) is 9.59 Å². The van der Waals surface area contributed by atoms with E-state index >= 15 is 0 Å². The van der Waals surface area contributed by atoms with Gasteiger partial charge in [0.05, 0.1) is 15.7 Å². The topological polar surface area (TPSA) is 84.2 Å². The smallest absolute Gasteiger partial charge is 0.349 e. The summed E-state index contributed by atoms with van der Waals surface area (Å²) < 4.78 is 5.17. The Balaban J connectivity index is 1.47. The summed E-state index contributed by atoms with van der Waals surface area (Å²) in [7, 11) is 0. The van der Waals surface area contributed by atoms with Gasteiger partial charge in [-0.1, -0.05) is 47.5 Å². The van der Waals surface area contributed by atoms with E-state index in [4.69, 9.17) is 39.8 Å². The zero-order valence-corrected chi connectivity index (χ0v) is 18.1. The average molecular weight is 476 g/mol. The predicted molar refractivity (Wildman–Crippen MR) is 124 cm³/mol. The van der Waals surface area contributed by atoms with Crippen molar-refractivity contribution < 1.29 is 9.21 Å². The quantitative estimate of drug-likeness (QED) is 0.306. The van der Waals surface area contributed by atoms with Crippen LogP contribution >= 0.6 is 46.8 Å². The molecule has 0 saturated heterocycles. The maximum Gasteiger partial charge on any atom is 0.349 e. The Labute approximate surface area is 189 Å². The molecule has 0 saturated carbocycles. The summed E-state index contributed by atoms with van der Waals surface area (Å²) in [5.41, 5.74) is 0.971. The zero-order chi connectivity index (χ0) is 21.3. The molecule has 2 aromatic heterocycles. The Morgan fingerprint density at radius 2 is 1.90 bits per heavy atom. The van der Waals surface area contributed by atoms with Crippen molar-refractivity contribution in [1.29, 1.82) is 0 Å². The molecule has 0 fully saturated rings. The van der Waals surface area contributed by atoms with Gasteiger partial charge in [-0.25, -0.2) is 9.78 Å². The number of nitrogens with zero attached hydrogens (tertiary/aromatic N) is 1. The van der Waals surface area contributed by atoms with Crippen LogP contribution in [-0.4, -0.2) is 16.0 Å². The fourth-order valence-corrected chi connectivity index (χ4v) is 3.91. The van der Waals surface area contributed by atoms with E-state index in [0.29, 0.717) is 31.8 Å². The molecule has 0 bridgehead atoms. The van der Waals surface area contributed by atoms with E-state index in [-0.39, 0.29) is 10.7 Å². The Kier molecular flexibility index (Phi) is 5.83. The Morgan fingerprint density at radius 1 is 1.10 bits per heavy atom. The van der Waals surface area contributed by atoms with Crippen LogP contribution in [0.15, 0.2) is 63.1 Å². The van der Waals surface area contributed by atoms with Crippen LogP contribution in [0.3, 0.4) is 0 Å². The fourth-order valence-electron chi connectivity index (χ4n) is 2.64. The molecule has 0 spiro atoms. The number of hydrogen-bond donors (Lipinski definition) is 2. The molecule has 2 N–H and O–H groups in total. The van der Waals surface area contributed by atoms with Crippen LogP contribution in [0, 0.1) is 0 Å². The molecule has 4 rings (SSSR count). The number of halogens is 2. The number of carbonyl (C=O) groups excluding carboxylic acids is 1. The summed E-state index contributed by atoms with van der Waals surface area (Å²) in [6.45, 7) is 0. The minimum Gasteiger partial charge on any atom is -0.422 e. The highest BCUT2D eigenvalue weighted by Crippen LogP contribution is 2.30. The third-order valence-electron chi connectivity index (χ3n) is 4.05. The fraction of sp³-hybridized carbons (Fsp3) is 0. The van der Waals surface area contributed by atoms with Crippen LogP contribution < -0.4 is 16.3 Å². The molecular weight excluding hydrogens is 465 g/mol. The van der Waals surface area contributed by atoms with Gasteiger partial charge in [0.15, 0.2) is 10.2 Å². The Morgan fingerprint density at radius 3 is 2.70 bits per heavy atom. The molecule has 2 heterocycles. The lowest BCUT2D eigenvalue weighted by Gasteiger charge is -2.07. The lowest BCUT2D eigenvalue weighted by atomic mass is 10.2. The van der Waals surface area contributed by atoms with Crippen molar-refractivity contribution in [2.45, 2.75) is 0 Å². The van der Waals surface area contributed by atoms with Gasteiger partial charge >= 0.3 is 5.63 Å². The molecule has 150 valence electrons. The Bertz CT molecular complexity index is 1350. The number of thiazole rings is 1.